The highest BCUT2D eigenvalue weighted by molar-refractivity contribution is 6.31. The topological polar surface area (TPSA) is 79.3 Å². The molecule has 1 aromatic rings. The third-order valence-electron chi connectivity index (χ3n) is 1.35. The van der Waals surface area contributed by atoms with Crippen LogP contribution in [0.4, 0.5) is 0 Å². The van der Waals surface area contributed by atoms with E-state index in [4.69, 9.17) is 5.11 Å². The van der Waals surface area contributed by atoms with Crippen molar-refractivity contribution in [1.82, 2.24) is 10.3 Å². The number of carbonyl (C=O) groups is 2. The van der Waals surface area contributed by atoms with Gasteiger partial charge in [-0.2, -0.15) is 0 Å². The van der Waals surface area contributed by atoms with Gasteiger partial charge in [-0.15, -0.1) is 0 Å². The Morgan fingerprint density at radius 2 is 2.23 bits per heavy atom. The van der Waals surface area contributed by atoms with Crippen molar-refractivity contribution in [2.24, 2.45) is 0 Å². The number of hydrogen-bond acceptors (Lipinski definition) is 3. The maximum Gasteiger partial charge on any atom is 0.394 e. The van der Waals surface area contributed by atoms with Crippen LogP contribution in [0.3, 0.4) is 0 Å². The lowest BCUT2D eigenvalue weighted by Gasteiger charge is -1.99. The largest absolute Gasteiger partial charge is 0.474 e. The van der Waals surface area contributed by atoms with Crippen LogP contribution in [0.2, 0.25) is 0 Å². The first-order valence-electron chi connectivity index (χ1n) is 3.61. The smallest absolute Gasteiger partial charge is 0.394 e. The number of rotatable bonds is 2. The second kappa shape index (κ2) is 4.20. The monoisotopic (exact) mass is 180 g/mol. The molecule has 0 saturated heterocycles. The minimum atomic E-state index is -1.49. The van der Waals surface area contributed by atoms with E-state index in [1.54, 1.807) is 24.4 Å². The van der Waals surface area contributed by atoms with E-state index in [0.717, 1.165) is 0 Å². The van der Waals surface area contributed by atoms with E-state index in [0.29, 0.717) is 5.69 Å². The summed E-state index contributed by atoms with van der Waals surface area (Å²) in [6, 6.07) is 5.19. The first-order chi connectivity index (χ1) is 6.20. The Balaban J connectivity index is 2.44. The van der Waals surface area contributed by atoms with Crippen molar-refractivity contribution in [3.63, 3.8) is 0 Å². The summed E-state index contributed by atoms with van der Waals surface area (Å²) in [5, 5.41) is 10.4. The average Bonchev–Trinajstić information content (AvgIpc) is 2.15. The Morgan fingerprint density at radius 3 is 2.77 bits per heavy atom. The molecule has 0 aliphatic heterocycles. The number of aliphatic carboxylic acids is 1. The van der Waals surface area contributed by atoms with Gasteiger partial charge < -0.3 is 10.4 Å². The summed E-state index contributed by atoms with van der Waals surface area (Å²) in [6.45, 7) is 0.131. The highest BCUT2D eigenvalue weighted by Gasteiger charge is 2.09. The fourth-order valence-electron chi connectivity index (χ4n) is 0.749. The maximum atomic E-state index is 10.6. The number of hydrogen-bond donors (Lipinski definition) is 2. The molecule has 1 amide bonds. The number of nitrogens with zero attached hydrogens (tertiary/aromatic N) is 1. The predicted molar refractivity (Wildman–Crippen MR) is 43.7 cm³/mol. The number of pyridine rings is 1. The molecule has 0 atom stereocenters. The molecule has 5 heteroatoms. The first kappa shape index (κ1) is 9.18. The van der Waals surface area contributed by atoms with Gasteiger partial charge in [-0.25, -0.2) is 4.79 Å². The molecule has 0 radical (unpaired) electrons. The van der Waals surface area contributed by atoms with Gasteiger partial charge in [0.25, 0.3) is 0 Å². The van der Waals surface area contributed by atoms with Crippen LogP contribution in [0, 0.1) is 0 Å². The van der Waals surface area contributed by atoms with Crippen LogP contribution in [-0.2, 0) is 16.1 Å². The number of nitrogens with one attached hydrogen (secondary N) is 1. The molecule has 5 nitrogen and oxygen atoms in total. The zero-order chi connectivity index (χ0) is 9.68. The van der Waals surface area contributed by atoms with Gasteiger partial charge in [0.2, 0.25) is 0 Å². The van der Waals surface area contributed by atoms with E-state index in [1.165, 1.54) is 0 Å². The fraction of sp³-hybridized carbons (Fsp3) is 0.125. The van der Waals surface area contributed by atoms with Gasteiger partial charge in [0, 0.05) is 6.20 Å². The Labute approximate surface area is 74.4 Å². The van der Waals surface area contributed by atoms with Crippen molar-refractivity contribution in [3.8, 4) is 0 Å². The Hall–Kier alpha value is -1.91. The molecule has 1 aromatic heterocycles. The molecule has 0 unspecified atom stereocenters. The van der Waals surface area contributed by atoms with E-state index in [-0.39, 0.29) is 6.54 Å². The number of carboxylic acids is 1. The summed E-state index contributed by atoms with van der Waals surface area (Å²) < 4.78 is 0. The van der Waals surface area contributed by atoms with Crippen LogP contribution in [0.25, 0.3) is 0 Å². The number of carbonyl (C=O) groups excluding carboxylic acids is 1. The molecule has 1 heterocycles. The zero-order valence-corrected chi connectivity index (χ0v) is 6.73. The molecule has 13 heavy (non-hydrogen) atoms. The minimum absolute atomic E-state index is 0.131. The summed E-state index contributed by atoms with van der Waals surface area (Å²) >= 11 is 0. The van der Waals surface area contributed by atoms with Crippen LogP contribution in [0.1, 0.15) is 5.69 Å². The molecule has 0 spiro atoms. The lowest BCUT2D eigenvalue weighted by atomic mass is 10.3. The molecule has 0 aliphatic rings. The van der Waals surface area contributed by atoms with Gasteiger partial charge in [0.1, 0.15) is 0 Å². The van der Waals surface area contributed by atoms with Gasteiger partial charge in [-0.1, -0.05) is 6.07 Å². The minimum Gasteiger partial charge on any atom is -0.474 e. The van der Waals surface area contributed by atoms with Gasteiger partial charge in [-0.05, 0) is 12.1 Å². The Kier molecular flexibility index (Phi) is 2.97. The normalized spacial score (nSPS) is 9.23. The molecule has 1 rings (SSSR count). The van der Waals surface area contributed by atoms with E-state index in [2.05, 4.69) is 10.3 Å². The fourth-order valence-corrected chi connectivity index (χ4v) is 0.749. The summed E-state index contributed by atoms with van der Waals surface area (Å²) in [4.78, 5) is 24.6. The second-order valence-electron chi connectivity index (χ2n) is 2.31. The Bertz CT molecular complexity index is 310. The van der Waals surface area contributed by atoms with Crippen LogP contribution in [0.5, 0.6) is 0 Å². The maximum absolute atomic E-state index is 10.6. The third kappa shape index (κ3) is 2.90. The lowest BCUT2D eigenvalue weighted by Crippen LogP contribution is -2.30. The summed E-state index contributed by atoms with van der Waals surface area (Å²) in [5.74, 6) is -2.51. The van der Waals surface area contributed by atoms with Gasteiger partial charge in [-0.3, -0.25) is 9.78 Å². The third-order valence-corrected chi connectivity index (χ3v) is 1.35. The van der Waals surface area contributed by atoms with Gasteiger partial charge in [0.05, 0.1) is 12.2 Å². The van der Waals surface area contributed by atoms with E-state index >= 15 is 0 Å². The van der Waals surface area contributed by atoms with Crippen LogP contribution >= 0.6 is 0 Å². The van der Waals surface area contributed by atoms with E-state index in [9.17, 15) is 9.59 Å². The standard InChI is InChI=1S/C8H8N2O3/c11-7(8(12)13)10-5-6-3-1-2-4-9-6/h1-4H,5H2,(H,10,11)(H,12,13). The number of amides is 1. The highest BCUT2D eigenvalue weighted by Crippen LogP contribution is 1.91. The predicted octanol–water partition coefficient (Wildman–Crippen LogP) is -0.218. The van der Waals surface area contributed by atoms with Crippen LogP contribution in [0.15, 0.2) is 24.4 Å². The van der Waals surface area contributed by atoms with E-state index < -0.39 is 11.9 Å². The van der Waals surface area contributed by atoms with Crippen molar-refractivity contribution >= 4 is 11.9 Å². The van der Waals surface area contributed by atoms with Crippen LogP contribution < -0.4 is 5.32 Å². The molecule has 68 valence electrons. The summed E-state index contributed by atoms with van der Waals surface area (Å²) in [6.07, 6.45) is 1.57. The van der Waals surface area contributed by atoms with Crippen molar-refractivity contribution in [1.29, 1.82) is 0 Å². The highest BCUT2D eigenvalue weighted by atomic mass is 16.4. The van der Waals surface area contributed by atoms with E-state index in [1.807, 2.05) is 0 Å². The molecule has 2 N–H and O–H groups in total. The SMILES string of the molecule is O=C(O)C(=O)NCc1ccccn1. The Morgan fingerprint density at radius 1 is 1.46 bits per heavy atom. The van der Waals surface area contributed by atoms with Crippen molar-refractivity contribution in [3.05, 3.63) is 30.1 Å². The van der Waals surface area contributed by atoms with Crippen molar-refractivity contribution in [2.45, 2.75) is 6.54 Å². The van der Waals surface area contributed by atoms with Crippen LogP contribution in [-0.4, -0.2) is 22.0 Å². The molecule has 0 aliphatic carbocycles. The van der Waals surface area contributed by atoms with Gasteiger partial charge >= 0.3 is 11.9 Å². The summed E-state index contributed by atoms with van der Waals surface area (Å²) in [5.41, 5.74) is 0.622. The second-order valence-corrected chi connectivity index (χ2v) is 2.31. The van der Waals surface area contributed by atoms with Crippen molar-refractivity contribution < 1.29 is 14.7 Å². The number of carboxylic acid groups (broad SMARTS) is 1. The molecule has 0 aromatic carbocycles. The average molecular weight is 180 g/mol. The van der Waals surface area contributed by atoms with Gasteiger partial charge in [0.15, 0.2) is 0 Å². The lowest BCUT2D eigenvalue weighted by molar-refractivity contribution is -0.150. The summed E-state index contributed by atoms with van der Waals surface area (Å²) in [7, 11) is 0. The molecule has 0 fully saturated rings. The van der Waals surface area contributed by atoms with Crippen molar-refractivity contribution in [2.75, 3.05) is 0 Å². The first-order valence-corrected chi connectivity index (χ1v) is 3.61. The molecule has 0 saturated carbocycles. The molecular weight excluding hydrogens is 172 g/mol. The number of aromatic nitrogens is 1. The zero-order valence-electron chi connectivity index (χ0n) is 6.73. The quantitative estimate of drug-likeness (QED) is 0.617. The molecule has 0 bridgehead atoms. The molecular formula is C8H8N2O3.